The summed E-state index contributed by atoms with van der Waals surface area (Å²) >= 11 is 0. The summed E-state index contributed by atoms with van der Waals surface area (Å²) in [5.41, 5.74) is 2.76. The Morgan fingerprint density at radius 2 is 1.00 bits per heavy atom. The van der Waals surface area contributed by atoms with Crippen molar-refractivity contribution in [3.63, 3.8) is 0 Å². The standard InChI is InChI=1S/C14H27NO2/c1-13(9-5-3-6-10-13)16-15-17-14(2)11-7-4-8-12-14/h15H,3-12H2,1-2H3. The lowest BCUT2D eigenvalue weighted by Gasteiger charge is -2.36. The smallest absolute Gasteiger partial charge is 0.0895 e. The second-order valence-electron chi connectivity index (χ2n) is 6.31. The minimum absolute atomic E-state index is 0.0245. The van der Waals surface area contributed by atoms with E-state index in [1.54, 1.807) is 0 Å². The van der Waals surface area contributed by atoms with Crippen molar-refractivity contribution in [2.45, 2.75) is 89.3 Å². The minimum atomic E-state index is -0.0245. The van der Waals surface area contributed by atoms with Crippen LogP contribution in [0, 0.1) is 0 Å². The minimum Gasteiger partial charge on any atom is -0.270 e. The molecule has 0 bridgehead atoms. The van der Waals surface area contributed by atoms with Gasteiger partial charge in [0.05, 0.1) is 11.2 Å². The van der Waals surface area contributed by atoms with Crippen LogP contribution < -0.4 is 5.64 Å². The highest BCUT2D eigenvalue weighted by Crippen LogP contribution is 2.32. The lowest BCUT2D eigenvalue weighted by atomic mass is 9.86. The Bertz CT molecular complexity index is 206. The normalized spacial score (nSPS) is 27.9. The van der Waals surface area contributed by atoms with Crippen molar-refractivity contribution in [1.82, 2.24) is 5.64 Å². The molecule has 2 fully saturated rings. The van der Waals surface area contributed by atoms with Crippen LogP contribution in [0.25, 0.3) is 0 Å². The van der Waals surface area contributed by atoms with Gasteiger partial charge >= 0.3 is 0 Å². The van der Waals surface area contributed by atoms with Crippen molar-refractivity contribution >= 4 is 0 Å². The fourth-order valence-electron chi connectivity index (χ4n) is 3.03. The molecule has 2 saturated carbocycles. The third-order valence-corrected chi connectivity index (χ3v) is 4.40. The summed E-state index contributed by atoms with van der Waals surface area (Å²) in [7, 11) is 0. The van der Waals surface area contributed by atoms with Crippen molar-refractivity contribution in [2.75, 3.05) is 0 Å². The van der Waals surface area contributed by atoms with Crippen LogP contribution in [0.15, 0.2) is 0 Å². The highest BCUT2D eigenvalue weighted by Gasteiger charge is 2.31. The van der Waals surface area contributed by atoms with E-state index in [2.05, 4.69) is 19.5 Å². The van der Waals surface area contributed by atoms with E-state index in [1.807, 2.05) is 0 Å². The van der Waals surface area contributed by atoms with Crippen LogP contribution in [-0.2, 0) is 9.68 Å². The van der Waals surface area contributed by atoms with E-state index >= 15 is 0 Å². The van der Waals surface area contributed by atoms with Gasteiger partial charge in [-0.3, -0.25) is 9.68 Å². The molecule has 1 N–H and O–H groups in total. The zero-order valence-corrected chi connectivity index (χ0v) is 11.4. The Labute approximate surface area is 105 Å². The summed E-state index contributed by atoms with van der Waals surface area (Å²) in [5.74, 6) is 0. The van der Waals surface area contributed by atoms with E-state index in [9.17, 15) is 0 Å². The van der Waals surface area contributed by atoms with Gasteiger partial charge in [-0.1, -0.05) is 44.2 Å². The van der Waals surface area contributed by atoms with Crippen LogP contribution in [0.3, 0.4) is 0 Å². The monoisotopic (exact) mass is 241 g/mol. The summed E-state index contributed by atoms with van der Waals surface area (Å²) in [5, 5.41) is 0. The topological polar surface area (TPSA) is 30.5 Å². The summed E-state index contributed by atoms with van der Waals surface area (Å²) in [6.45, 7) is 4.37. The zero-order chi connectivity index (χ0) is 12.2. The van der Waals surface area contributed by atoms with Crippen LogP contribution >= 0.6 is 0 Å². The molecule has 0 heterocycles. The molecule has 0 aromatic rings. The highest BCUT2D eigenvalue weighted by atomic mass is 16.9. The number of hydrogen-bond acceptors (Lipinski definition) is 3. The maximum Gasteiger partial charge on any atom is 0.0895 e. The van der Waals surface area contributed by atoms with Gasteiger partial charge in [-0.2, -0.15) is 0 Å². The van der Waals surface area contributed by atoms with Gasteiger partial charge in [0.15, 0.2) is 0 Å². The molecule has 0 aliphatic heterocycles. The van der Waals surface area contributed by atoms with Gasteiger partial charge in [-0.15, -0.1) is 0 Å². The van der Waals surface area contributed by atoms with Crippen LogP contribution in [0.5, 0.6) is 0 Å². The van der Waals surface area contributed by atoms with Gasteiger partial charge in [0, 0.05) is 0 Å². The Kier molecular flexibility index (Phi) is 4.45. The first kappa shape index (κ1) is 13.3. The number of rotatable bonds is 4. The third-order valence-electron chi connectivity index (χ3n) is 4.40. The van der Waals surface area contributed by atoms with E-state index in [0.29, 0.717) is 0 Å². The Morgan fingerprint density at radius 3 is 1.35 bits per heavy atom. The van der Waals surface area contributed by atoms with Gasteiger partial charge < -0.3 is 0 Å². The molecule has 0 atom stereocenters. The maximum atomic E-state index is 5.77. The number of nitrogens with one attached hydrogen (secondary N) is 1. The fourth-order valence-corrected chi connectivity index (χ4v) is 3.03. The third kappa shape index (κ3) is 3.94. The summed E-state index contributed by atoms with van der Waals surface area (Å²) in [4.78, 5) is 11.5. The fraction of sp³-hybridized carbons (Fsp3) is 1.00. The molecule has 0 spiro atoms. The van der Waals surface area contributed by atoms with Crippen molar-refractivity contribution < 1.29 is 9.68 Å². The summed E-state index contributed by atoms with van der Waals surface area (Å²) in [6, 6.07) is 0. The largest absolute Gasteiger partial charge is 0.270 e. The van der Waals surface area contributed by atoms with E-state index < -0.39 is 0 Å². The molecule has 0 aromatic carbocycles. The Morgan fingerprint density at radius 1 is 0.647 bits per heavy atom. The molecule has 17 heavy (non-hydrogen) atoms. The average Bonchev–Trinajstić information content (AvgIpc) is 2.30. The van der Waals surface area contributed by atoms with Crippen molar-refractivity contribution in [1.29, 1.82) is 0 Å². The van der Waals surface area contributed by atoms with E-state index in [-0.39, 0.29) is 11.2 Å². The van der Waals surface area contributed by atoms with Crippen LogP contribution in [-0.4, -0.2) is 11.2 Å². The van der Waals surface area contributed by atoms with E-state index in [4.69, 9.17) is 9.68 Å². The molecule has 0 amide bonds. The summed E-state index contributed by atoms with van der Waals surface area (Å²) < 4.78 is 0. The molecular weight excluding hydrogens is 214 g/mol. The van der Waals surface area contributed by atoms with Crippen LogP contribution in [0.1, 0.15) is 78.1 Å². The first-order valence-electron chi connectivity index (χ1n) is 7.23. The Hall–Kier alpha value is -0.120. The van der Waals surface area contributed by atoms with Crippen LogP contribution in [0.2, 0.25) is 0 Å². The molecule has 100 valence electrons. The maximum absolute atomic E-state index is 5.77. The Balaban J connectivity index is 1.70. The van der Waals surface area contributed by atoms with Crippen molar-refractivity contribution in [3.8, 4) is 0 Å². The molecule has 3 heteroatoms. The van der Waals surface area contributed by atoms with Crippen LogP contribution in [0.4, 0.5) is 0 Å². The first-order chi connectivity index (χ1) is 8.12. The van der Waals surface area contributed by atoms with Gasteiger partial charge in [-0.05, 0) is 39.5 Å². The summed E-state index contributed by atoms with van der Waals surface area (Å²) in [6.07, 6.45) is 12.3. The lowest BCUT2D eigenvalue weighted by Crippen LogP contribution is -2.42. The molecule has 0 aromatic heterocycles. The van der Waals surface area contributed by atoms with Crippen molar-refractivity contribution in [3.05, 3.63) is 0 Å². The second kappa shape index (κ2) is 5.68. The van der Waals surface area contributed by atoms with Gasteiger partial charge in [0.25, 0.3) is 0 Å². The molecule has 2 rings (SSSR count). The van der Waals surface area contributed by atoms with Gasteiger partial charge in [0.1, 0.15) is 0 Å². The lowest BCUT2D eigenvalue weighted by molar-refractivity contribution is -0.285. The molecule has 0 unspecified atom stereocenters. The first-order valence-corrected chi connectivity index (χ1v) is 7.23. The van der Waals surface area contributed by atoms with Gasteiger partial charge in [0.2, 0.25) is 0 Å². The second-order valence-corrected chi connectivity index (χ2v) is 6.31. The van der Waals surface area contributed by atoms with E-state index in [0.717, 1.165) is 25.7 Å². The van der Waals surface area contributed by atoms with Gasteiger partial charge in [-0.25, -0.2) is 0 Å². The molecule has 3 nitrogen and oxygen atoms in total. The quantitative estimate of drug-likeness (QED) is 0.758. The van der Waals surface area contributed by atoms with Crippen molar-refractivity contribution in [2.24, 2.45) is 0 Å². The zero-order valence-electron chi connectivity index (χ0n) is 11.4. The van der Waals surface area contributed by atoms with E-state index in [1.165, 1.54) is 38.5 Å². The predicted octanol–water partition coefficient (Wildman–Crippen LogP) is 3.88. The highest BCUT2D eigenvalue weighted by molar-refractivity contribution is 4.80. The SMILES string of the molecule is CC1(ONOC2(C)CCCCC2)CCCCC1. The predicted molar refractivity (Wildman–Crippen MR) is 68.3 cm³/mol. The number of hydrogen-bond donors (Lipinski definition) is 1. The average molecular weight is 241 g/mol. The molecular formula is C14H27NO2. The molecule has 2 aliphatic rings. The molecule has 0 radical (unpaired) electrons. The molecule has 2 aliphatic carbocycles. The molecule has 0 saturated heterocycles.